The minimum absolute atomic E-state index is 0.0549. The van der Waals surface area contributed by atoms with Crippen LogP contribution in [0.1, 0.15) is 11.1 Å². The van der Waals surface area contributed by atoms with Crippen LogP contribution in [-0.2, 0) is 12.6 Å². The molecule has 0 spiro atoms. The topological polar surface area (TPSA) is 23.8 Å². The first kappa shape index (κ1) is 12.5. The van der Waals surface area contributed by atoms with E-state index in [-0.39, 0.29) is 15.4 Å². The van der Waals surface area contributed by atoms with Gasteiger partial charge in [0.25, 0.3) is 0 Å². The number of benzene rings is 1. The second kappa shape index (κ2) is 4.54. The van der Waals surface area contributed by atoms with Gasteiger partial charge in [-0.3, -0.25) is 0 Å². The van der Waals surface area contributed by atoms with E-state index in [1.165, 1.54) is 0 Å². The van der Waals surface area contributed by atoms with Gasteiger partial charge in [-0.15, -0.1) is 0 Å². The summed E-state index contributed by atoms with van der Waals surface area (Å²) in [6, 6.07) is 3.82. The number of nitrogens with zero attached hydrogens (tertiary/aromatic N) is 1. The van der Waals surface area contributed by atoms with E-state index in [2.05, 4.69) is 31.9 Å². The molecule has 0 aliphatic heterocycles. The molecule has 0 aliphatic carbocycles. The Morgan fingerprint density at radius 2 is 1.67 bits per heavy atom. The molecule has 1 nitrogen and oxygen atoms in total. The molecule has 0 unspecified atom stereocenters. The van der Waals surface area contributed by atoms with E-state index in [0.29, 0.717) is 5.56 Å². The van der Waals surface area contributed by atoms with Gasteiger partial charge >= 0.3 is 6.18 Å². The zero-order valence-electron chi connectivity index (χ0n) is 7.20. The van der Waals surface area contributed by atoms with Crippen LogP contribution in [0.25, 0.3) is 0 Å². The maximum atomic E-state index is 12.4. The molecule has 0 saturated heterocycles. The van der Waals surface area contributed by atoms with Crippen LogP contribution in [0.15, 0.2) is 21.1 Å². The third-order valence-corrected chi connectivity index (χ3v) is 3.14. The van der Waals surface area contributed by atoms with Crippen molar-refractivity contribution in [1.29, 1.82) is 5.26 Å². The zero-order chi connectivity index (χ0) is 11.6. The second-order valence-corrected chi connectivity index (χ2v) is 4.46. The Morgan fingerprint density at radius 3 is 2.00 bits per heavy atom. The van der Waals surface area contributed by atoms with Gasteiger partial charge in [0.15, 0.2) is 0 Å². The molecule has 0 atom stereocenters. The minimum Gasteiger partial charge on any atom is -0.198 e. The molecule has 80 valence electrons. The van der Waals surface area contributed by atoms with Crippen molar-refractivity contribution < 1.29 is 13.2 Å². The number of rotatable bonds is 1. The highest BCUT2D eigenvalue weighted by Gasteiger charge is 2.31. The van der Waals surface area contributed by atoms with Gasteiger partial charge in [-0.1, -0.05) is 31.9 Å². The molecule has 0 amide bonds. The highest BCUT2D eigenvalue weighted by Crippen LogP contribution is 2.36. The monoisotopic (exact) mass is 341 g/mol. The molecular weight excluding hydrogens is 339 g/mol. The largest absolute Gasteiger partial charge is 0.416 e. The molecule has 0 aliphatic rings. The van der Waals surface area contributed by atoms with Gasteiger partial charge in [-0.25, -0.2) is 0 Å². The summed E-state index contributed by atoms with van der Waals surface area (Å²) < 4.78 is 37.6. The SMILES string of the molecule is N#CCc1c(Br)cc(C(F)(F)F)cc1Br. The van der Waals surface area contributed by atoms with E-state index in [4.69, 9.17) is 5.26 Å². The lowest BCUT2D eigenvalue weighted by molar-refractivity contribution is -0.137. The predicted molar refractivity (Wildman–Crippen MR) is 56.2 cm³/mol. The number of nitriles is 1. The zero-order valence-corrected chi connectivity index (χ0v) is 10.4. The molecular formula is C9H4Br2F3N. The summed E-state index contributed by atoms with van der Waals surface area (Å²) >= 11 is 6.02. The molecule has 1 rings (SSSR count). The normalized spacial score (nSPS) is 11.2. The third kappa shape index (κ3) is 2.95. The van der Waals surface area contributed by atoms with Crippen LogP contribution >= 0.6 is 31.9 Å². The highest BCUT2D eigenvalue weighted by atomic mass is 79.9. The van der Waals surface area contributed by atoms with Crippen LogP contribution in [0.4, 0.5) is 13.2 Å². The van der Waals surface area contributed by atoms with Gasteiger partial charge in [-0.05, 0) is 17.7 Å². The minimum atomic E-state index is -4.38. The van der Waals surface area contributed by atoms with Crippen molar-refractivity contribution >= 4 is 31.9 Å². The molecule has 0 N–H and O–H groups in total. The smallest absolute Gasteiger partial charge is 0.198 e. The fourth-order valence-electron chi connectivity index (χ4n) is 1.01. The predicted octanol–water partition coefficient (Wildman–Crippen LogP) is 4.30. The van der Waals surface area contributed by atoms with Crippen LogP contribution < -0.4 is 0 Å². The fraction of sp³-hybridized carbons (Fsp3) is 0.222. The number of halogens is 5. The number of alkyl halides is 3. The molecule has 0 bridgehead atoms. The van der Waals surface area contributed by atoms with Crippen molar-refractivity contribution in [3.05, 3.63) is 32.2 Å². The van der Waals surface area contributed by atoms with Gasteiger partial charge < -0.3 is 0 Å². The molecule has 6 heteroatoms. The maximum Gasteiger partial charge on any atom is 0.416 e. The Kier molecular flexibility index (Phi) is 3.79. The summed E-state index contributed by atoms with van der Waals surface area (Å²) in [5.74, 6) is 0. The Morgan fingerprint density at radius 1 is 1.20 bits per heavy atom. The van der Waals surface area contributed by atoms with Gasteiger partial charge in [0.2, 0.25) is 0 Å². The lowest BCUT2D eigenvalue weighted by Gasteiger charge is -2.10. The average molecular weight is 343 g/mol. The number of hydrogen-bond donors (Lipinski definition) is 0. The van der Waals surface area contributed by atoms with Crippen LogP contribution in [0.3, 0.4) is 0 Å². The van der Waals surface area contributed by atoms with E-state index < -0.39 is 11.7 Å². The maximum absolute atomic E-state index is 12.4. The van der Waals surface area contributed by atoms with E-state index in [1.54, 1.807) is 0 Å². The molecule has 15 heavy (non-hydrogen) atoms. The van der Waals surface area contributed by atoms with Crippen LogP contribution in [0, 0.1) is 11.3 Å². The second-order valence-electron chi connectivity index (χ2n) is 2.75. The summed E-state index contributed by atoms with van der Waals surface area (Å²) in [5.41, 5.74) is -0.228. The fourth-order valence-corrected chi connectivity index (χ4v) is 2.48. The first-order valence-corrected chi connectivity index (χ1v) is 5.37. The Bertz CT molecular complexity index is 397. The first-order valence-electron chi connectivity index (χ1n) is 3.78. The lowest BCUT2D eigenvalue weighted by Crippen LogP contribution is -2.05. The summed E-state index contributed by atoms with van der Waals surface area (Å²) in [5, 5.41) is 8.48. The Balaban J connectivity index is 3.27. The highest BCUT2D eigenvalue weighted by molar-refractivity contribution is 9.11. The van der Waals surface area contributed by atoms with E-state index in [9.17, 15) is 13.2 Å². The van der Waals surface area contributed by atoms with Crippen molar-refractivity contribution in [2.45, 2.75) is 12.6 Å². The van der Waals surface area contributed by atoms with E-state index in [0.717, 1.165) is 12.1 Å². The Labute approximate surface area is 101 Å². The van der Waals surface area contributed by atoms with E-state index in [1.807, 2.05) is 6.07 Å². The van der Waals surface area contributed by atoms with Crippen LogP contribution in [0.5, 0.6) is 0 Å². The molecule has 0 saturated carbocycles. The molecule has 0 aromatic heterocycles. The van der Waals surface area contributed by atoms with Crippen molar-refractivity contribution in [3.8, 4) is 6.07 Å². The van der Waals surface area contributed by atoms with Crippen LogP contribution in [-0.4, -0.2) is 0 Å². The molecule has 0 fully saturated rings. The molecule has 0 heterocycles. The van der Waals surface area contributed by atoms with Gasteiger partial charge in [0.1, 0.15) is 0 Å². The van der Waals surface area contributed by atoms with Crippen LogP contribution in [0.2, 0.25) is 0 Å². The summed E-state index contributed by atoms with van der Waals surface area (Å²) in [6.45, 7) is 0. The van der Waals surface area contributed by atoms with Gasteiger partial charge in [-0.2, -0.15) is 18.4 Å². The van der Waals surface area contributed by atoms with E-state index >= 15 is 0 Å². The quantitative estimate of drug-likeness (QED) is 0.746. The lowest BCUT2D eigenvalue weighted by atomic mass is 10.1. The van der Waals surface area contributed by atoms with Crippen molar-refractivity contribution in [2.75, 3.05) is 0 Å². The van der Waals surface area contributed by atoms with Gasteiger partial charge in [0, 0.05) is 8.95 Å². The molecule has 0 radical (unpaired) electrons. The summed E-state index contributed by atoms with van der Waals surface area (Å²) in [6.07, 6.45) is -4.32. The number of hydrogen-bond acceptors (Lipinski definition) is 1. The first-order chi connectivity index (χ1) is 6.86. The van der Waals surface area contributed by atoms with Crippen molar-refractivity contribution in [1.82, 2.24) is 0 Å². The third-order valence-electron chi connectivity index (χ3n) is 1.72. The average Bonchev–Trinajstić information content (AvgIpc) is 2.09. The standard InChI is InChI=1S/C9H4Br2F3N/c10-7-3-5(9(12,13)14)4-8(11)6(7)1-2-15/h3-4H,1H2. The summed E-state index contributed by atoms with van der Waals surface area (Å²) in [7, 11) is 0. The van der Waals surface area contributed by atoms with Gasteiger partial charge in [0.05, 0.1) is 18.1 Å². The van der Waals surface area contributed by atoms with Crippen molar-refractivity contribution in [2.24, 2.45) is 0 Å². The Hall–Kier alpha value is -0.540. The molecule has 1 aromatic carbocycles. The van der Waals surface area contributed by atoms with Crippen molar-refractivity contribution in [3.63, 3.8) is 0 Å². The molecule has 1 aromatic rings. The summed E-state index contributed by atoms with van der Waals surface area (Å²) in [4.78, 5) is 0.